The maximum atomic E-state index is 10.9. The third-order valence-electron chi connectivity index (χ3n) is 3.19. The monoisotopic (exact) mass is 405 g/mol. The SMILES string of the molecule is O=[N+]([O-])c1cc(/C=N/Nc2nnc(Cl)c3ccccc23)ccc1Br. The quantitative estimate of drug-likeness (QED) is 0.394. The van der Waals surface area contributed by atoms with Gasteiger partial charge in [-0.3, -0.25) is 15.5 Å². The van der Waals surface area contributed by atoms with Gasteiger partial charge in [-0.1, -0.05) is 41.9 Å². The molecule has 2 aromatic carbocycles. The molecule has 3 rings (SSSR count). The van der Waals surface area contributed by atoms with Crippen molar-refractivity contribution in [3.8, 4) is 0 Å². The lowest BCUT2D eigenvalue weighted by atomic mass is 10.2. The number of halogens is 2. The van der Waals surface area contributed by atoms with E-state index in [0.717, 1.165) is 10.8 Å². The van der Waals surface area contributed by atoms with Crippen LogP contribution in [0.4, 0.5) is 11.5 Å². The zero-order chi connectivity index (χ0) is 17.1. The lowest BCUT2D eigenvalue weighted by molar-refractivity contribution is -0.385. The maximum absolute atomic E-state index is 10.9. The number of anilines is 1. The van der Waals surface area contributed by atoms with Gasteiger partial charge in [-0.25, -0.2) is 0 Å². The van der Waals surface area contributed by atoms with Crippen LogP contribution in [0.15, 0.2) is 52.0 Å². The molecule has 7 nitrogen and oxygen atoms in total. The molecule has 0 radical (unpaired) electrons. The Morgan fingerprint density at radius 1 is 1.21 bits per heavy atom. The van der Waals surface area contributed by atoms with E-state index in [9.17, 15) is 10.1 Å². The molecule has 1 heterocycles. The minimum absolute atomic E-state index is 0.0318. The standard InChI is InChI=1S/C15H9BrClN5O2/c16-12-6-5-9(7-13(12)22(23)24)8-18-20-15-11-4-2-1-3-10(11)14(17)19-21-15/h1-8H,(H,20,21)/b18-8+. The molecule has 1 N–H and O–H groups in total. The summed E-state index contributed by atoms with van der Waals surface area (Å²) in [4.78, 5) is 10.5. The second kappa shape index (κ2) is 6.90. The molecule has 24 heavy (non-hydrogen) atoms. The Morgan fingerprint density at radius 2 is 1.96 bits per heavy atom. The van der Waals surface area contributed by atoms with E-state index in [1.54, 1.807) is 12.1 Å². The molecule has 0 aliphatic carbocycles. The predicted octanol–water partition coefficient (Wildman–Crippen LogP) is 4.40. The van der Waals surface area contributed by atoms with Crippen molar-refractivity contribution in [2.45, 2.75) is 0 Å². The Hall–Kier alpha value is -2.58. The summed E-state index contributed by atoms with van der Waals surface area (Å²) in [5, 5.41) is 24.7. The van der Waals surface area contributed by atoms with Crippen LogP contribution in [0, 0.1) is 10.1 Å². The molecule has 0 unspecified atom stereocenters. The summed E-state index contributed by atoms with van der Waals surface area (Å²) in [6, 6.07) is 12.1. The Kier molecular flexibility index (Phi) is 4.68. The summed E-state index contributed by atoms with van der Waals surface area (Å²) >= 11 is 9.15. The lowest BCUT2D eigenvalue weighted by Gasteiger charge is -2.04. The topological polar surface area (TPSA) is 93.3 Å². The number of hydrogen-bond acceptors (Lipinski definition) is 6. The van der Waals surface area contributed by atoms with Gasteiger partial charge in [-0.05, 0) is 22.0 Å². The Bertz CT molecular complexity index is 964. The number of aromatic nitrogens is 2. The zero-order valence-corrected chi connectivity index (χ0v) is 14.3. The average molecular weight is 407 g/mol. The van der Waals surface area contributed by atoms with Crippen LogP contribution in [0.5, 0.6) is 0 Å². The van der Waals surface area contributed by atoms with Crippen LogP contribution in [-0.4, -0.2) is 21.3 Å². The molecule has 0 amide bonds. The van der Waals surface area contributed by atoms with E-state index in [0.29, 0.717) is 21.0 Å². The van der Waals surface area contributed by atoms with E-state index in [4.69, 9.17) is 11.6 Å². The number of hydrogen-bond donors (Lipinski definition) is 1. The van der Waals surface area contributed by atoms with Crippen LogP contribution in [0.2, 0.25) is 5.15 Å². The fraction of sp³-hybridized carbons (Fsp3) is 0. The van der Waals surface area contributed by atoms with Crippen molar-refractivity contribution in [1.29, 1.82) is 0 Å². The van der Waals surface area contributed by atoms with Crippen molar-refractivity contribution >= 4 is 56.0 Å². The molecule has 0 bridgehead atoms. The summed E-state index contributed by atoms with van der Waals surface area (Å²) in [5.41, 5.74) is 3.32. The minimum Gasteiger partial charge on any atom is -0.259 e. The highest BCUT2D eigenvalue weighted by molar-refractivity contribution is 9.10. The summed E-state index contributed by atoms with van der Waals surface area (Å²) in [6.45, 7) is 0. The van der Waals surface area contributed by atoms with E-state index < -0.39 is 4.92 Å². The molecule has 0 aliphatic heterocycles. The lowest BCUT2D eigenvalue weighted by Crippen LogP contribution is -1.98. The van der Waals surface area contributed by atoms with Gasteiger partial charge < -0.3 is 0 Å². The van der Waals surface area contributed by atoms with Gasteiger partial charge in [0.25, 0.3) is 5.69 Å². The molecule has 3 aromatic rings. The number of fused-ring (bicyclic) bond motifs is 1. The first kappa shape index (κ1) is 16.3. The van der Waals surface area contributed by atoms with Gasteiger partial charge in [0.05, 0.1) is 15.6 Å². The fourth-order valence-electron chi connectivity index (χ4n) is 2.07. The molecule has 0 aliphatic rings. The molecule has 0 fully saturated rings. The molecule has 0 saturated carbocycles. The third-order valence-corrected chi connectivity index (χ3v) is 4.14. The molecule has 1 aromatic heterocycles. The number of nitro groups is 1. The van der Waals surface area contributed by atoms with Crippen LogP contribution in [0.25, 0.3) is 10.8 Å². The van der Waals surface area contributed by atoms with Crippen molar-refractivity contribution in [2.24, 2.45) is 5.10 Å². The first-order valence-electron chi connectivity index (χ1n) is 6.70. The number of benzene rings is 2. The Morgan fingerprint density at radius 3 is 2.71 bits per heavy atom. The van der Waals surface area contributed by atoms with Gasteiger partial charge >= 0.3 is 0 Å². The highest BCUT2D eigenvalue weighted by Crippen LogP contribution is 2.26. The third kappa shape index (κ3) is 3.34. The minimum atomic E-state index is -0.465. The van der Waals surface area contributed by atoms with Crippen LogP contribution in [0.1, 0.15) is 5.56 Å². The number of nitrogens with zero attached hydrogens (tertiary/aromatic N) is 4. The highest BCUT2D eigenvalue weighted by atomic mass is 79.9. The predicted molar refractivity (Wildman–Crippen MR) is 96.6 cm³/mol. The Balaban J connectivity index is 1.86. The second-order valence-corrected chi connectivity index (χ2v) is 5.94. The molecular weight excluding hydrogens is 398 g/mol. The van der Waals surface area contributed by atoms with Crippen LogP contribution >= 0.6 is 27.5 Å². The van der Waals surface area contributed by atoms with E-state index >= 15 is 0 Å². The van der Waals surface area contributed by atoms with Gasteiger partial charge in [0.15, 0.2) is 11.0 Å². The Labute approximate surface area is 149 Å². The van der Waals surface area contributed by atoms with Crippen molar-refractivity contribution in [3.63, 3.8) is 0 Å². The molecule has 0 saturated heterocycles. The summed E-state index contributed by atoms with van der Waals surface area (Å²) < 4.78 is 0.409. The van der Waals surface area contributed by atoms with Crippen molar-refractivity contribution in [3.05, 3.63) is 67.8 Å². The second-order valence-electron chi connectivity index (χ2n) is 4.72. The zero-order valence-electron chi connectivity index (χ0n) is 12.0. The van der Waals surface area contributed by atoms with E-state index in [1.807, 2.05) is 24.3 Å². The van der Waals surface area contributed by atoms with Gasteiger partial charge in [0.2, 0.25) is 0 Å². The normalized spacial score (nSPS) is 11.1. The number of rotatable bonds is 4. The first-order valence-corrected chi connectivity index (χ1v) is 7.87. The summed E-state index contributed by atoms with van der Waals surface area (Å²) in [6.07, 6.45) is 1.46. The molecule has 0 atom stereocenters. The first-order chi connectivity index (χ1) is 11.6. The van der Waals surface area contributed by atoms with Gasteiger partial charge in [-0.15, -0.1) is 10.2 Å². The number of hydrazone groups is 1. The van der Waals surface area contributed by atoms with E-state index in [-0.39, 0.29) is 5.69 Å². The molecule has 9 heteroatoms. The fourth-order valence-corrected chi connectivity index (χ4v) is 2.67. The molecule has 0 spiro atoms. The largest absolute Gasteiger partial charge is 0.284 e. The van der Waals surface area contributed by atoms with Crippen LogP contribution < -0.4 is 5.43 Å². The molecule has 120 valence electrons. The summed E-state index contributed by atoms with van der Waals surface area (Å²) in [7, 11) is 0. The van der Waals surface area contributed by atoms with Gasteiger partial charge in [0.1, 0.15) is 0 Å². The van der Waals surface area contributed by atoms with Crippen molar-refractivity contribution in [2.75, 3.05) is 5.43 Å². The smallest absolute Gasteiger partial charge is 0.259 e. The van der Waals surface area contributed by atoms with E-state index in [2.05, 4.69) is 36.7 Å². The molecular formula is C15H9BrClN5O2. The van der Waals surface area contributed by atoms with Gasteiger partial charge in [0, 0.05) is 22.4 Å². The maximum Gasteiger partial charge on any atom is 0.284 e. The van der Waals surface area contributed by atoms with Crippen LogP contribution in [-0.2, 0) is 0 Å². The summed E-state index contributed by atoms with van der Waals surface area (Å²) in [5.74, 6) is 0.442. The highest BCUT2D eigenvalue weighted by Gasteiger charge is 2.11. The van der Waals surface area contributed by atoms with Crippen molar-refractivity contribution < 1.29 is 4.92 Å². The average Bonchev–Trinajstić information content (AvgIpc) is 2.58. The van der Waals surface area contributed by atoms with E-state index in [1.165, 1.54) is 12.3 Å². The van der Waals surface area contributed by atoms with Crippen molar-refractivity contribution in [1.82, 2.24) is 10.2 Å². The number of nitrogens with one attached hydrogen (secondary N) is 1. The van der Waals surface area contributed by atoms with Gasteiger partial charge in [-0.2, -0.15) is 5.10 Å². The number of nitro benzene ring substituents is 1. The van der Waals surface area contributed by atoms with Crippen LogP contribution in [0.3, 0.4) is 0 Å².